The van der Waals surface area contributed by atoms with Gasteiger partial charge in [0.05, 0.1) is 6.61 Å². The highest BCUT2D eigenvalue weighted by Crippen LogP contribution is 1.88. The fourth-order valence-corrected chi connectivity index (χ4v) is 0.385. The van der Waals surface area contributed by atoms with E-state index in [2.05, 4.69) is 4.74 Å². The predicted octanol–water partition coefficient (Wildman–Crippen LogP) is -0.734. The number of rotatable bonds is 3. The molecule has 0 radical (unpaired) electrons. The van der Waals surface area contributed by atoms with Crippen LogP contribution in [0.2, 0.25) is 0 Å². The van der Waals surface area contributed by atoms with Gasteiger partial charge in [0.2, 0.25) is 0 Å². The van der Waals surface area contributed by atoms with Crippen LogP contribution in [-0.2, 0) is 14.3 Å². The van der Waals surface area contributed by atoms with Crippen molar-refractivity contribution in [3.05, 3.63) is 5.57 Å². The summed E-state index contributed by atoms with van der Waals surface area (Å²) in [5, 5.41) is 0. The lowest BCUT2D eigenvalue weighted by molar-refractivity contribution is -0.138. The quantitative estimate of drug-likeness (QED) is 0.321. The van der Waals surface area contributed by atoms with E-state index >= 15 is 0 Å². The topological polar surface area (TPSA) is 69.4 Å². The molecule has 0 rings (SSSR count). The van der Waals surface area contributed by atoms with Crippen LogP contribution in [0.4, 0.5) is 0 Å². The zero-order valence-corrected chi connectivity index (χ0v) is 5.72. The molecule has 0 heterocycles. The summed E-state index contributed by atoms with van der Waals surface area (Å²) < 4.78 is 4.47. The average Bonchev–Trinajstić information content (AvgIpc) is 1.91. The molecular formula is C6H9NO3. The molecule has 4 nitrogen and oxygen atoms in total. The smallest absolute Gasteiger partial charge is 0.346 e. The first-order chi connectivity index (χ1) is 4.76. The second-order valence-corrected chi connectivity index (χ2v) is 1.51. The third-order valence-electron chi connectivity index (χ3n) is 0.849. The predicted molar refractivity (Wildman–Crippen MR) is 34.9 cm³/mol. The number of nitrogens with two attached hydrogens (primary N) is 1. The summed E-state index contributed by atoms with van der Waals surface area (Å²) in [5.74, 6) is 0.723. The molecule has 0 aliphatic rings. The lowest BCUT2D eigenvalue weighted by Gasteiger charge is -1.98. The maximum Gasteiger partial charge on any atom is 0.346 e. The fraction of sp³-hybridized carbons (Fsp3) is 0.500. The molecule has 0 aromatic heterocycles. The van der Waals surface area contributed by atoms with Crippen molar-refractivity contribution in [2.24, 2.45) is 5.73 Å². The van der Waals surface area contributed by atoms with E-state index in [-0.39, 0.29) is 18.7 Å². The van der Waals surface area contributed by atoms with Crippen molar-refractivity contribution < 1.29 is 14.3 Å². The van der Waals surface area contributed by atoms with Crippen LogP contribution >= 0.6 is 0 Å². The van der Waals surface area contributed by atoms with Crippen LogP contribution < -0.4 is 5.73 Å². The van der Waals surface area contributed by atoms with E-state index in [4.69, 9.17) is 5.73 Å². The van der Waals surface area contributed by atoms with Gasteiger partial charge in [-0.05, 0) is 6.92 Å². The number of esters is 1. The Balaban J connectivity index is 4.04. The van der Waals surface area contributed by atoms with E-state index in [1.807, 2.05) is 0 Å². The van der Waals surface area contributed by atoms with Crippen molar-refractivity contribution in [2.45, 2.75) is 6.92 Å². The first kappa shape index (κ1) is 8.88. The zero-order chi connectivity index (χ0) is 7.98. The summed E-state index contributed by atoms with van der Waals surface area (Å²) in [7, 11) is 0. The van der Waals surface area contributed by atoms with Crippen molar-refractivity contribution in [3.63, 3.8) is 0 Å². The molecule has 0 spiro atoms. The highest BCUT2D eigenvalue weighted by Gasteiger charge is 2.07. The summed E-state index contributed by atoms with van der Waals surface area (Å²) in [5.41, 5.74) is 4.86. The van der Waals surface area contributed by atoms with Crippen LogP contribution in [0.3, 0.4) is 0 Å². The zero-order valence-electron chi connectivity index (χ0n) is 5.72. The van der Waals surface area contributed by atoms with Gasteiger partial charge in [-0.25, -0.2) is 9.59 Å². The summed E-state index contributed by atoms with van der Waals surface area (Å²) >= 11 is 0. The third kappa shape index (κ3) is 2.44. The summed E-state index contributed by atoms with van der Waals surface area (Å²) in [4.78, 5) is 20.5. The van der Waals surface area contributed by atoms with E-state index < -0.39 is 5.97 Å². The largest absolute Gasteiger partial charge is 0.462 e. The lowest BCUT2D eigenvalue weighted by atomic mass is 10.3. The van der Waals surface area contributed by atoms with Crippen LogP contribution in [0, 0.1) is 0 Å². The second-order valence-electron chi connectivity index (χ2n) is 1.51. The minimum atomic E-state index is -0.681. The van der Waals surface area contributed by atoms with Crippen molar-refractivity contribution in [1.29, 1.82) is 0 Å². The molecule has 0 aromatic rings. The van der Waals surface area contributed by atoms with Crippen molar-refractivity contribution >= 4 is 11.9 Å². The Hall–Kier alpha value is -1.12. The van der Waals surface area contributed by atoms with E-state index in [0.717, 1.165) is 0 Å². The van der Waals surface area contributed by atoms with Gasteiger partial charge in [-0.1, -0.05) is 0 Å². The van der Waals surface area contributed by atoms with Crippen LogP contribution in [0.15, 0.2) is 5.57 Å². The SMILES string of the molecule is CCOC(=O)C(=C=O)CN. The first-order valence-corrected chi connectivity index (χ1v) is 2.87. The van der Waals surface area contributed by atoms with Gasteiger partial charge in [-0.3, -0.25) is 0 Å². The molecule has 0 saturated heterocycles. The van der Waals surface area contributed by atoms with E-state index in [0.29, 0.717) is 0 Å². The minimum absolute atomic E-state index is 0.123. The van der Waals surface area contributed by atoms with E-state index in [9.17, 15) is 9.59 Å². The van der Waals surface area contributed by atoms with Crippen molar-refractivity contribution in [3.8, 4) is 0 Å². The molecular weight excluding hydrogens is 134 g/mol. The maximum absolute atomic E-state index is 10.6. The standard InChI is InChI=1S/C6H9NO3/c1-2-10-6(9)5(3-7)4-8/h2-3,7H2,1H3. The molecule has 56 valence electrons. The molecule has 0 saturated carbocycles. The Morgan fingerprint density at radius 1 is 1.70 bits per heavy atom. The van der Waals surface area contributed by atoms with Gasteiger partial charge in [0.15, 0.2) is 0 Å². The fourth-order valence-electron chi connectivity index (χ4n) is 0.385. The van der Waals surface area contributed by atoms with E-state index in [1.54, 1.807) is 6.92 Å². The van der Waals surface area contributed by atoms with Gasteiger partial charge in [0, 0.05) is 6.54 Å². The second kappa shape index (κ2) is 4.73. The molecule has 2 N–H and O–H groups in total. The van der Waals surface area contributed by atoms with Crippen LogP contribution in [0.1, 0.15) is 6.92 Å². The van der Waals surface area contributed by atoms with Gasteiger partial charge in [-0.15, -0.1) is 0 Å². The first-order valence-electron chi connectivity index (χ1n) is 2.87. The molecule has 0 aliphatic carbocycles. The lowest BCUT2D eigenvalue weighted by Crippen LogP contribution is -2.16. The van der Waals surface area contributed by atoms with Crippen molar-refractivity contribution in [1.82, 2.24) is 0 Å². The molecule has 10 heavy (non-hydrogen) atoms. The summed E-state index contributed by atoms with van der Waals surface area (Å²) in [6, 6.07) is 0. The van der Waals surface area contributed by atoms with Gasteiger partial charge >= 0.3 is 5.97 Å². The highest BCUT2D eigenvalue weighted by atomic mass is 16.5. The summed E-state index contributed by atoms with van der Waals surface area (Å²) in [6.45, 7) is 1.77. The Bertz CT molecular complexity index is 170. The number of hydrogen-bond acceptors (Lipinski definition) is 4. The van der Waals surface area contributed by atoms with Crippen LogP contribution in [0.5, 0.6) is 0 Å². The number of carbonyl (C=O) groups is 1. The monoisotopic (exact) mass is 143 g/mol. The Kier molecular flexibility index (Phi) is 4.20. The molecule has 0 aliphatic heterocycles. The van der Waals surface area contributed by atoms with Crippen LogP contribution in [-0.4, -0.2) is 25.1 Å². The molecule has 0 amide bonds. The van der Waals surface area contributed by atoms with Gasteiger partial charge in [0.25, 0.3) is 0 Å². The van der Waals surface area contributed by atoms with Crippen LogP contribution in [0.25, 0.3) is 0 Å². The Morgan fingerprint density at radius 3 is 2.60 bits per heavy atom. The normalized spacial score (nSPS) is 8.20. The van der Waals surface area contributed by atoms with Gasteiger partial charge < -0.3 is 10.5 Å². The number of carbonyl (C=O) groups excluding carboxylic acids is 2. The molecule has 0 fully saturated rings. The summed E-state index contributed by atoms with van der Waals surface area (Å²) in [6.07, 6.45) is 0. The molecule has 0 unspecified atom stereocenters. The Labute approximate surface area is 58.7 Å². The van der Waals surface area contributed by atoms with Gasteiger partial charge in [0.1, 0.15) is 11.5 Å². The highest BCUT2D eigenvalue weighted by molar-refractivity contribution is 5.97. The maximum atomic E-state index is 10.6. The van der Waals surface area contributed by atoms with E-state index in [1.165, 1.54) is 5.94 Å². The minimum Gasteiger partial charge on any atom is -0.462 e. The number of hydrogen-bond donors (Lipinski definition) is 1. The third-order valence-corrected chi connectivity index (χ3v) is 0.849. The van der Waals surface area contributed by atoms with Gasteiger partial charge in [-0.2, -0.15) is 0 Å². The molecule has 0 aromatic carbocycles. The Morgan fingerprint density at radius 2 is 2.30 bits per heavy atom. The average molecular weight is 143 g/mol. The van der Waals surface area contributed by atoms with Crippen molar-refractivity contribution in [2.75, 3.05) is 13.2 Å². The number of ether oxygens (including phenoxy) is 1. The molecule has 0 atom stereocenters. The molecule has 4 heteroatoms. The molecule has 0 bridgehead atoms.